The number of nitrogens with zero attached hydrogens (tertiary/aromatic N) is 2. The van der Waals surface area contributed by atoms with E-state index in [-0.39, 0.29) is 6.09 Å². The largest absolute Gasteiger partial charge is 0.497 e. The first kappa shape index (κ1) is 17.9. The molecule has 6 heteroatoms. The quantitative estimate of drug-likeness (QED) is 0.824. The average Bonchev–Trinajstić information content (AvgIpc) is 2.72. The van der Waals surface area contributed by atoms with Crippen LogP contribution in [-0.2, 0) is 11.3 Å². The molecule has 0 saturated carbocycles. The van der Waals surface area contributed by atoms with Gasteiger partial charge in [-0.25, -0.2) is 4.79 Å². The normalized spacial score (nSPS) is 14.1. The highest BCUT2D eigenvalue weighted by Gasteiger charge is 2.23. The van der Waals surface area contributed by atoms with Crippen molar-refractivity contribution in [3.8, 4) is 11.5 Å². The van der Waals surface area contributed by atoms with Crippen molar-refractivity contribution in [2.24, 2.45) is 0 Å². The maximum atomic E-state index is 11.6. The molecule has 6 nitrogen and oxygen atoms in total. The van der Waals surface area contributed by atoms with Gasteiger partial charge in [0.2, 0.25) is 0 Å². The van der Waals surface area contributed by atoms with E-state index in [1.807, 2.05) is 42.5 Å². The molecule has 26 heavy (non-hydrogen) atoms. The van der Waals surface area contributed by atoms with Gasteiger partial charge in [0.1, 0.15) is 18.1 Å². The highest BCUT2D eigenvalue weighted by molar-refractivity contribution is 5.68. The number of para-hydroxylation sites is 2. The lowest BCUT2D eigenvalue weighted by molar-refractivity contribution is 0.121. The summed E-state index contributed by atoms with van der Waals surface area (Å²) in [5, 5.41) is 0. The van der Waals surface area contributed by atoms with Crippen LogP contribution in [0.4, 0.5) is 10.5 Å². The van der Waals surface area contributed by atoms with Crippen molar-refractivity contribution < 1.29 is 19.0 Å². The summed E-state index contributed by atoms with van der Waals surface area (Å²) in [5.74, 6) is 1.65. The fourth-order valence-electron chi connectivity index (χ4n) is 3.02. The van der Waals surface area contributed by atoms with E-state index < -0.39 is 0 Å². The van der Waals surface area contributed by atoms with E-state index >= 15 is 0 Å². The summed E-state index contributed by atoms with van der Waals surface area (Å²) in [4.78, 5) is 15.6. The first-order valence-corrected chi connectivity index (χ1v) is 8.64. The van der Waals surface area contributed by atoms with Crippen LogP contribution in [-0.4, -0.2) is 51.4 Å². The number of rotatable bonds is 5. The fraction of sp³-hybridized carbons (Fsp3) is 0.350. The average molecular weight is 356 g/mol. The molecule has 1 aliphatic heterocycles. The lowest BCUT2D eigenvalue weighted by atomic mass is 10.2. The Balaban J connectivity index is 1.66. The Bertz CT molecular complexity index is 742. The topological polar surface area (TPSA) is 51.2 Å². The van der Waals surface area contributed by atoms with Gasteiger partial charge in [-0.1, -0.05) is 24.3 Å². The first-order chi connectivity index (χ1) is 12.7. The van der Waals surface area contributed by atoms with Crippen LogP contribution in [0.25, 0.3) is 0 Å². The van der Waals surface area contributed by atoms with Gasteiger partial charge >= 0.3 is 6.09 Å². The number of benzene rings is 2. The zero-order valence-electron chi connectivity index (χ0n) is 15.2. The molecular formula is C20H24N2O4. The second kappa shape index (κ2) is 8.47. The molecule has 0 N–H and O–H groups in total. The Morgan fingerprint density at radius 3 is 2.50 bits per heavy atom. The van der Waals surface area contributed by atoms with E-state index in [9.17, 15) is 4.79 Å². The molecule has 1 heterocycles. The lowest BCUT2D eigenvalue weighted by Gasteiger charge is -2.35. The molecule has 2 aromatic rings. The number of anilines is 1. The SMILES string of the molecule is COC(=O)N1CCN(c2ccccc2OCc2cccc(OC)c2)CC1. The maximum absolute atomic E-state index is 11.6. The number of piperazine rings is 1. The van der Waals surface area contributed by atoms with Gasteiger partial charge in [0.15, 0.2) is 0 Å². The Labute approximate surface area is 153 Å². The minimum Gasteiger partial charge on any atom is -0.497 e. The predicted molar refractivity (Wildman–Crippen MR) is 100.0 cm³/mol. The highest BCUT2D eigenvalue weighted by Crippen LogP contribution is 2.30. The molecule has 0 atom stereocenters. The van der Waals surface area contributed by atoms with E-state index in [2.05, 4.69) is 11.0 Å². The summed E-state index contributed by atoms with van der Waals surface area (Å²) >= 11 is 0. The van der Waals surface area contributed by atoms with E-state index in [0.29, 0.717) is 19.7 Å². The summed E-state index contributed by atoms with van der Waals surface area (Å²) in [6.45, 7) is 3.23. The molecule has 0 radical (unpaired) electrons. The van der Waals surface area contributed by atoms with Crippen molar-refractivity contribution in [1.29, 1.82) is 0 Å². The predicted octanol–water partition coefficient (Wildman–Crippen LogP) is 3.16. The van der Waals surface area contributed by atoms with Gasteiger partial charge in [-0.05, 0) is 29.8 Å². The molecule has 138 valence electrons. The van der Waals surface area contributed by atoms with E-state index in [1.165, 1.54) is 7.11 Å². The fourth-order valence-corrected chi connectivity index (χ4v) is 3.02. The molecule has 1 amide bonds. The van der Waals surface area contributed by atoms with Crippen LogP contribution in [0.1, 0.15) is 5.56 Å². The van der Waals surface area contributed by atoms with E-state index in [1.54, 1.807) is 12.0 Å². The Morgan fingerprint density at radius 1 is 1.00 bits per heavy atom. The summed E-state index contributed by atoms with van der Waals surface area (Å²) in [6, 6.07) is 15.8. The minimum absolute atomic E-state index is 0.271. The zero-order chi connectivity index (χ0) is 18.4. The van der Waals surface area contributed by atoms with Crippen LogP contribution in [0.15, 0.2) is 48.5 Å². The molecule has 0 spiro atoms. The van der Waals surface area contributed by atoms with Gasteiger partial charge in [-0.15, -0.1) is 0 Å². The molecular weight excluding hydrogens is 332 g/mol. The van der Waals surface area contributed by atoms with Crippen LogP contribution < -0.4 is 14.4 Å². The third-order valence-electron chi connectivity index (χ3n) is 4.45. The van der Waals surface area contributed by atoms with E-state index in [0.717, 1.165) is 35.8 Å². The number of hydrogen-bond acceptors (Lipinski definition) is 5. The Kier molecular flexibility index (Phi) is 5.84. The van der Waals surface area contributed by atoms with Gasteiger partial charge in [-0.2, -0.15) is 0 Å². The van der Waals surface area contributed by atoms with Gasteiger partial charge in [0.25, 0.3) is 0 Å². The Morgan fingerprint density at radius 2 is 1.77 bits per heavy atom. The number of methoxy groups -OCH3 is 2. The van der Waals surface area contributed by atoms with Crippen molar-refractivity contribution in [2.45, 2.75) is 6.61 Å². The van der Waals surface area contributed by atoms with Gasteiger partial charge < -0.3 is 24.0 Å². The van der Waals surface area contributed by atoms with Crippen LogP contribution in [0.3, 0.4) is 0 Å². The molecule has 0 aliphatic carbocycles. The van der Waals surface area contributed by atoms with Gasteiger partial charge in [0.05, 0.1) is 19.9 Å². The number of carbonyl (C=O) groups is 1. The third kappa shape index (κ3) is 4.20. The van der Waals surface area contributed by atoms with Crippen LogP contribution in [0.5, 0.6) is 11.5 Å². The molecule has 3 rings (SSSR count). The number of ether oxygens (including phenoxy) is 3. The molecule has 1 saturated heterocycles. The molecule has 1 fully saturated rings. The summed E-state index contributed by atoms with van der Waals surface area (Å²) in [5.41, 5.74) is 2.09. The maximum Gasteiger partial charge on any atom is 0.409 e. The molecule has 0 unspecified atom stereocenters. The Hall–Kier alpha value is -2.89. The molecule has 0 bridgehead atoms. The van der Waals surface area contributed by atoms with Crippen molar-refractivity contribution in [3.63, 3.8) is 0 Å². The number of amides is 1. The van der Waals surface area contributed by atoms with Crippen LogP contribution in [0.2, 0.25) is 0 Å². The minimum atomic E-state index is -0.271. The molecule has 0 aromatic heterocycles. The number of hydrogen-bond donors (Lipinski definition) is 0. The summed E-state index contributed by atoms with van der Waals surface area (Å²) < 4.78 is 16.1. The number of carbonyl (C=O) groups excluding carboxylic acids is 1. The lowest BCUT2D eigenvalue weighted by Crippen LogP contribution is -2.48. The standard InChI is InChI=1S/C20H24N2O4/c1-24-17-7-5-6-16(14-17)15-26-19-9-4-3-8-18(19)21-10-12-22(13-11-21)20(23)25-2/h3-9,14H,10-13,15H2,1-2H3. The van der Waals surface area contributed by atoms with Crippen molar-refractivity contribution in [1.82, 2.24) is 4.90 Å². The van der Waals surface area contributed by atoms with Crippen molar-refractivity contribution in [3.05, 3.63) is 54.1 Å². The monoisotopic (exact) mass is 356 g/mol. The van der Waals surface area contributed by atoms with Gasteiger partial charge in [0, 0.05) is 26.2 Å². The smallest absolute Gasteiger partial charge is 0.409 e. The third-order valence-corrected chi connectivity index (χ3v) is 4.45. The van der Waals surface area contributed by atoms with Gasteiger partial charge in [-0.3, -0.25) is 0 Å². The summed E-state index contributed by atoms with van der Waals surface area (Å²) in [6.07, 6.45) is -0.271. The van der Waals surface area contributed by atoms with Crippen LogP contribution >= 0.6 is 0 Å². The van der Waals surface area contributed by atoms with Crippen LogP contribution in [0, 0.1) is 0 Å². The van der Waals surface area contributed by atoms with Crippen molar-refractivity contribution in [2.75, 3.05) is 45.3 Å². The van der Waals surface area contributed by atoms with Crippen molar-refractivity contribution >= 4 is 11.8 Å². The molecule has 2 aromatic carbocycles. The second-order valence-electron chi connectivity index (χ2n) is 6.05. The summed E-state index contributed by atoms with van der Waals surface area (Å²) in [7, 11) is 3.07. The van der Waals surface area contributed by atoms with E-state index in [4.69, 9.17) is 14.2 Å². The second-order valence-corrected chi connectivity index (χ2v) is 6.05. The first-order valence-electron chi connectivity index (χ1n) is 8.64. The molecule has 1 aliphatic rings. The zero-order valence-corrected chi connectivity index (χ0v) is 15.2. The highest BCUT2D eigenvalue weighted by atomic mass is 16.5.